The van der Waals surface area contributed by atoms with E-state index in [1.54, 1.807) is 14.0 Å². The van der Waals surface area contributed by atoms with Gasteiger partial charge in [0.2, 0.25) is 0 Å². The predicted molar refractivity (Wildman–Crippen MR) is 76.1 cm³/mol. The Labute approximate surface area is 115 Å². The summed E-state index contributed by atoms with van der Waals surface area (Å²) in [4.78, 5) is 11.5. The van der Waals surface area contributed by atoms with Crippen LogP contribution in [0.3, 0.4) is 0 Å². The Morgan fingerprint density at radius 3 is 2.56 bits per heavy atom. The minimum Gasteiger partial charge on any atom is -0.497 e. The number of carbonyl (C=O) groups is 1. The predicted octanol–water partition coefficient (Wildman–Crippen LogP) is 4.33. The van der Waals surface area contributed by atoms with Crippen molar-refractivity contribution in [2.45, 2.75) is 6.92 Å². The van der Waals surface area contributed by atoms with Crippen molar-refractivity contribution in [1.82, 2.24) is 0 Å². The topological polar surface area (TPSA) is 26.3 Å². The van der Waals surface area contributed by atoms with Crippen molar-refractivity contribution in [3.05, 3.63) is 52.5 Å². The Bertz CT molecular complexity index is 591. The molecule has 0 aliphatic carbocycles. The average Bonchev–Trinajstić information content (AvgIpc) is 2.38. The van der Waals surface area contributed by atoms with Crippen LogP contribution in [0.1, 0.15) is 17.3 Å². The number of benzene rings is 2. The summed E-state index contributed by atoms with van der Waals surface area (Å²) in [5.41, 5.74) is 2.72. The lowest BCUT2D eigenvalue weighted by Gasteiger charge is -2.07. The molecule has 3 heteroatoms. The number of halogens is 1. The molecule has 0 saturated carbocycles. The summed E-state index contributed by atoms with van der Waals surface area (Å²) in [6, 6.07) is 13.5. The van der Waals surface area contributed by atoms with Gasteiger partial charge in [-0.25, -0.2) is 0 Å². The van der Waals surface area contributed by atoms with Gasteiger partial charge in [0.1, 0.15) is 5.75 Å². The van der Waals surface area contributed by atoms with Gasteiger partial charge in [0.25, 0.3) is 0 Å². The van der Waals surface area contributed by atoms with Gasteiger partial charge in [0.15, 0.2) is 5.78 Å². The van der Waals surface area contributed by atoms with E-state index in [0.29, 0.717) is 5.56 Å². The normalized spacial score (nSPS) is 10.2. The van der Waals surface area contributed by atoms with E-state index in [4.69, 9.17) is 4.74 Å². The van der Waals surface area contributed by atoms with Crippen molar-refractivity contribution in [2.24, 2.45) is 0 Å². The maximum atomic E-state index is 11.5. The first-order chi connectivity index (χ1) is 8.60. The second-order valence-electron chi connectivity index (χ2n) is 4.02. The third-order valence-electron chi connectivity index (χ3n) is 2.71. The quantitative estimate of drug-likeness (QED) is 0.789. The summed E-state index contributed by atoms with van der Waals surface area (Å²) in [7, 11) is 1.64. The first-order valence-corrected chi connectivity index (χ1v) is 6.35. The molecule has 0 saturated heterocycles. The molecule has 0 aliphatic rings. The number of rotatable bonds is 3. The standard InChI is InChI=1S/C15H13BrO2/c1-10(17)12-6-13(8-14(16)7-12)11-4-3-5-15(9-11)18-2/h3-9H,1-2H3. The van der Waals surface area contributed by atoms with Gasteiger partial charge in [-0.2, -0.15) is 0 Å². The lowest BCUT2D eigenvalue weighted by molar-refractivity contribution is 0.101. The summed E-state index contributed by atoms with van der Waals surface area (Å²) in [5, 5.41) is 0. The zero-order chi connectivity index (χ0) is 13.1. The van der Waals surface area contributed by atoms with Crippen LogP contribution in [-0.2, 0) is 0 Å². The molecule has 0 unspecified atom stereocenters. The van der Waals surface area contributed by atoms with Crippen molar-refractivity contribution >= 4 is 21.7 Å². The van der Waals surface area contributed by atoms with Crippen molar-refractivity contribution in [1.29, 1.82) is 0 Å². The highest BCUT2D eigenvalue weighted by Crippen LogP contribution is 2.27. The van der Waals surface area contributed by atoms with Crippen LogP contribution in [0.25, 0.3) is 11.1 Å². The van der Waals surface area contributed by atoms with Gasteiger partial charge in [-0.15, -0.1) is 0 Å². The molecule has 2 aromatic rings. The zero-order valence-electron chi connectivity index (χ0n) is 10.2. The van der Waals surface area contributed by atoms with E-state index in [2.05, 4.69) is 15.9 Å². The molecule has 0 aromatic heterocycles. The van der Waals surface area contributed by atoms with E-state index in [9.17, 15) is 4.79 Å². The third kappa shape index (κ3) is 2.79. The first kappa shape index (κ1) is 12.8. The van der Waals surface area contributed by atoms with Crippen LogP contribution >= 0.6 is 15.9 Å². The van der Waals surface area contributed by atoms with Crippen LogP contribution in [0.2, 0.25) is 0 Å². The Kier molecular flexibility index (Phi) is 3.82. The summed E-state index contributed by atoms with van der Waals surface area (Å²) >= 11 is 3.43. The monoisotopic (exact) mass is 304 g/mol. The number of Topliss-reactive ketones (excluding diaryl/α,β-unsaturated/α-hetero) is 1. The first-order valence-electron chi connectivity index (χ1n) is 5.56. The number of ketones is 1. The van der Waals surface area contributed by atoms with Crippen LogP contribution in [0, 0.1) is 0 Å². The molecule has 2 aromatic carbocycles. The average molecular weight is 305 g/mol. The molecule has 18 heavy (non-hydrogen) atoms. The van der Waals surface area contributed by atoms with E-state index < -0.39 is 0 Å². The van der Waals surface area contributed by atoms with Gasteiger partial charge < -0.3 is 4.74 Å². The molecule has 0 amide bonds. The van der Waals surface area contributed by atoms with E-state index in [1.165, 1.54) is 0 Å². The zero-order valence-corrected chi connectivity index (χ0v) is 11.8. The van der Waals surface area contributed by atoms with Crippen molar-refractivity contribution < 1.29 is 9.53 Å². The molecule has 0 heterocycles. The lowest BCUT2D eigenvalue weighted by atomic mass is 10.0. The largest absolute Gasteiger partial charge is 0.497 e. The summed E-state index contributed by atoms with van der Waals surface area (Å²) in [6.07, 6.45) is 0. The van der Waals surface area contributed by atoms with Gasteiger partial charge in [0.05, 0.1) is 7.11 Å². The Morgan fingerprint density at radius 1 is 1.11 bits per heavy atom. The SMILES string of the molecule is COc1cccc(-c2cc(Br)cc(C(C)=O)c2)c1. The molecule has 0 bridgehead atoms. The van der Waals surface area contributed by atoms with Gasteiger partial charge in [-0.1, -0.05) is 28.1 Å². The third-order valence-corrected chi connectivity index (χ3v) is 3.17. The van der Waals surface area contributed by atoms with Crippen LogP contribution < -0.4 is 4.74 Å². The molecule has 0 N–H and O–H groups in total. The molecule has 0 radical (unpaired) electrons. The highest BCUT2D eigenvalue weighted by Gasteiger charge is 2.06. The highest BCUT2D eigenvalue weighted by atomic mass is 79.9. The fourth-order valence-electron chi connectivity index (χ4n) is 1.76. The van der Waals surface area contributed by atoms with Crippen molar-refractivity contribution in [2.75, 3.05) is 7.11 Å². The number of hydrogen-bond acceptors (Lipinski definition) is 2. The number of hydrogen-bond donors (Lipinski definition) is 0. The Balaban J connectivity index is 2.52. The Hall–Kier alpha value is -1.61. The fraction of sp³-hybridized carbons (Fsp3) is 0.133. The molecule has 0 spiro atoms. The van der Waals surface area contributed by atoms with E-state index in [0.717, 1.165) is 21.3 Å². The van der Waals surface area contributed by atoms with Gasteiger partial charge in [0, 0.05) is 10.0 Å². The van der Waals surface area contributed by atoms with E-state index >= 15 is 0 Å². The van der Waals surface area contributed by atoms with Crippen molar-refractivity contribution in [3.63, 3.8) is 0 Å². The minimum absolute atomic E-state index is 0.0560. The van der Waals surface area contributed by atoms with Gasteiger partial charge in [-0.3, -0.25) is 4.79 Å². The number of methoxy groups -OCH3 is 1. The fourth-order valence-corrected chi connectivity index (χ4v) is 2.26. The highest BCUT2D eigenvalue weighted by molar-refractivity contribution is 9.10. The number of carbonyl (C=O) groups excluding carboxylic acids is 1. The maximum absolute atomic E-state index is 11.5. The van der Waals surface area contributed by atoms with Crippen LogP contribution in [0.15, 0.2) is 46.9 Å². The molecular weight excluding hydrogens is 292 g/mol. The molecule has 0 fully saturated rings. The van der Waals surface area contributed by atoms with Crippen molar-refractivity contribution in [3.8, 4) is 16.9 Å². The van der Waals surface area contributed by atoms with Crippen LogP contribution in [0.5, 0.6) is 5.75 Å². The molecule has 0 aliphatic heterocycles. The van der Waals surface area contributed by atoms with Crippen LogP contribution in [0.4, 0.5) is 0 Å². The smallest absolute Gasteiger partial charge is 0.159 e. The lowest BCUT2D eigenvalue weighted by Crippen LogP contribution is -1.93. The van der Waals surface area contributed by atoms with Gasteiger partial charge >= 0.3 is 0 Å². The summed E-state index contributed by atoms with van der Waals surface area (Å²) < 4.78 is 6.10. The van der Waals surface area contributed by atoms with Crippen LogP contribution in [-0.4, -0.2) is 12.9 Å². The molecule has 2 rings (SSSR count). The molecule has 92 valence electrons. The van der Waals surface area contributed by atoms with E-state index in [-0.39, 0.29) is 5.78 Å². The summed E-state index contributed by atoms with van der Waals surface area (Å²) in [5.74, 6) is 0.859. The maximum Gasteiger partial charge on any atom is 0.159 e. The summed E-state index contributed by atoms with van der Waals surface area (Å²) in [6.45, 7) is 1.57. The second-order valence-corrected chi connectivity index (χ2v) is 4.93. The van der Waals surface area contributed by atoms with E-state index in [1.807, 2.05) is 42.5 Å². The molecular formula is C15H13BrO2. The van der Waals surface area contributed by atoms with Gasteiger partial charge in [-0.05, 0) is 48.4 Å². The molecule has 2 nitrogen and oxygen atoms in total. The minimum atomic E-state index is 0.0560. The Morgan fingerprint density at radius 2 is 1.89 bits per heavy atom. The molecule has 0 atom stereocenters. The second kappa shape index (κ2) is 5.36. The number of ether oxygens (including phenoxy) is 1.